The lowest BCUT2D eigenvalue weighted by molar-refractivity contribution is 0.0376. The van der Waals surface area contributed by atoms with Crippen LogP contribution in [0.15, 0.2) is 41.1 Å². The molecule has 1 saturated heterocycles. The predicted molar refractivity (Wildman–Crippen MR) is 122 cm³/mol. The van der Waals surface area contributed by atoms with Gasteiger partial charge >= 0.3 is 0 Å². The summed E-state index contributed by atoms with van der Waals surface area (Å²) in [4.78, 5) is 22.9. The molecular weight excluding hydrogens is 434 g/mol. The van der Waals surface area contributed by atoms with E-state index in [0.717, 1.165) is 66.9 Å². The molecule has 0 aliphatic carbocycles. The van der Waals surface area contributed by atoms with Crippen molar-refractivity contribution in [1.82, 2.24) is 9.88 Å². The first-order valence-electron chi connectivity index (χ1n) is 10.3. The molecule has 1 fully saturated rings. The summed E-state index contributed by atoms with van der Waals surface area (Å²) in [6.45, 7) is 5.27. The molecule has 2 aliphatic rings. The number of carbonyl (C=O) groups is 1. The number of hydrogen-bond donors (Lipinski definition) is 0. The van der Waals surface area contributed by atoms with E-state index in [4.69, 9.17) is 19.2 Å². The quantitative estimate of drug-likeness (QED) is 0.535. The topological polar surface area (TPSA) is 64.1 Å². The van der Waals surface area contributed by atoms with E-state index >= 15 is 0 Å². The Kier molecular flexibility index (Phi) is 6.17. The highest BCUT2D eigenvalue weighted by atomic mass is 32.1. The number of rotatable bonds is 7. The third-order valence-corrected chi connectivity index (χ3v) is 7.05. The number of morpholine rings is 1. The average Bonchev–Trinajstić information content (AvgIpc) is 3.58. The number of benzene rings is 1. The summed E-state index contributed by atoms with van der Waals surface area (Å²) in [6, 6.07) is 9.58. The Morgan fingerprint density at radius 3 is 2.84 bits per heavy atom. The van der Waals surface area contributed by atoms with E-state index < -0.39 is 0 Å². The summed E-state index contributed by atoms with van der Waals surface area (Å²) < 4.78 is 16.3. The minimum atomic E-state index is 0.00330. The number of thiazole rings is 1. The molecule has 2 aromatic heterocycles. The van der Waals surface area contributed by atoms with Crippen molar-refractivity contribution in [2.45, 2.75) is 6.42 Å². The lowest BCUT2D eigenvalue weighted by Crippen LogP contribution is -2.39. The van der Waals surface area contributed by atoms with Crippen molar-refractivity contribution < 1.29 is 19.0 Å². The number of thiophene rings is 1. The molecule has 0 N–H and O–H groups in total. The zero-order valence-corrected chi connectivity index (χ0v) is 18.6. The van der Waals surface area contributed by atoms with Crippen LogP contribution in [0.5, 0.6) is 11.5 Å². The highest BCUT2D eigenvalue weighted by molar-refractivity contribution is 7.14. The summed E-state index contributed by atoms with van der Waals surface area (Å²) >= 11 is 2.95. The Morgan fingerprint density at radius 1 is 1.13 bits per heavy atom. The fraction of sp³-hybridized carbons (Fsp3) is 0.364. The van der Waals surface area contributed by atoms with Gasteiger partial charge in [-0.3, -0.25) is 14.6 Å². The van der Waals surface area contributed by atoms with Crippen LogP contribution < -0.4 is 14.4 Å². The summed E-state index contributed by atoms with van der Waals surface area (Å²) in [5.41, 5.74) is 1.78. The van der Waals surface area contributed by atoms with Gasteiger partial charge < -0.3 is 14.2 Å². The lowest BCUT2D eigenvalue weighted by Gasteiger charge is -2.27. The monoisotopic (exact) mass is 457 g/mol. The zero-order valence-electron chi connectivity index (χ0n) is 17.0. The number of hydrogen-bond acceptors (Lipinski definition) is 8. The van der Waals surface area contributed by atoms with Crippen LogP contribution >= 0.6 is 22.7 Å². The van der Waals surface area contributed by atoms with Crippen molar-refractivity contribution in [3.8, 4) is 22.8 Å². The maximum Gasteiger partial charge on any atom is 0.270 e. The van der Waals surface area contributed by atoms with E-state index in [-0.39, 0.29) is 12.7 Å². The first-order chi connectivity index (χ1) is 15.3. The molecule has 2 aliphatic heterocycles. The molecule has 0 atom stereocenters. The van der Waals surface area contributed by atoms with Gasteiger partial charge in [0.2, 0.25) is 6.79 Å². The van der Waals surface area contributed by atoms with Crippen LogP contribution in [-0.2, 0) is 4.74 Å². The first-order valence-corrected chi connectivity index (χ1v) is 12.0. The maximum atomic E-state index is 13.2. The molecule has 4 heterocycles. The number of amides is 1. The minimum absolute atomic E-state index is 0.00330. The Labute approximate surface area is 188 Å². The Morgan fingerprint density at radius 2 is 2.00 bits per heavy atom. The Bertz CT molecular complexity index is 1030. The maximum absolute atomic E-state index is 13.2. The van der Waals surface area contributed by atoms with Gasteiger partial charge in [0.15, 0.2) is 16.6 Å². The first kappa shape index (κ1) is 20.4. The van der Waals surface area contributed by atoms with Crippen LogP contribution in [0.4, 0.5) is 5.13 Å². The van der Waals surface area contributed by atoms with E-state index in [2.05, 4.69) is 4.90 Å². The van der Waals surface area contributed by atoms with Crippen molar-refractivity contribution in [2.24, 2.45) is 0 Å². The van der Waals surface area contributed by atoms with Gasteiger partial charge in [0.25, 0.3) is 5.91 Å². The SMILES string of the molecule is O=C(c1cccs1)N(CCCN1CCOCC1)c1nc(-c2ccc3c(c2)OCO3)cs1. The van der Waals surface area contributed by atoms with E-state index in [1.165, 1.54) is 22.7 Å². The largest absolute Gasteiger partial charge is 0.454 e. The third kappa shape index (κ3) is 4.59. The molecule has 0 bridgehead atoms. The summed E-state index contributed by atoms with van der Waals surface area (Å²) in [5, 5.41) is 4.64. The molecule has 1 amide bonds. The van der Waals surface area contributed by atoms with E-state index in [9.17, 15) is 4.79 Å². The lowest BCUT2D eigenvalue weighted by atomic mass is 10.1. The number of nitrogens with zero attached hydrogens (tertiary/aromatic N) is 3. The molecule has 5 rings (SSSR count). The average molecular weight is 458 g/mol. The van der Waals surface area contributed by atoms with Gasteiger partial charge in [-0.2, -0.15) is 0 Å². The highest BCUT2D eigenvalue weighted by Gasteiger charge is 2.23. The molecule has 1 aromatic carbocycles. The second kappa shape index (κ2) is 9.35. The van der Waals surface area contributed by atoms with Gasteiger partial charge in [-0.05, 0) is 36.1 Å². The normalized spacial score (nSPS) is 15.9. The summed E-state index contributed by atoms with van der Waals surface area (Å²) in [6.07, 6.45) is 0.885. The number of carbonyl (C=O) groups excluding carboxylic acids is 1. The molecule has 0 radical (unpaired) electrons. The molecule has 162 valence electrons. The van der Waals surface area contributed by atoms with Crippen LogP contribution in [0.3, 0.4) is 0 Å². The fourth-order valence-corrected chi connectivity index (χ4v) is 5.20. The van der Waals surface area contributed by atoms with Crippen LogP contribution in [0, 0.1) is 0 Å². The van der Waals surface area contributed by atoms with Crippen LogP contribution in [0.2, 0.25) is 0 Å². The molecule has 0 spiro atoms. The van der Waals surface area contributed by atoms with Crippen molar-refractivity contribution in [3.63, 3.8) is 0 Å². The number of anilines is 1. The van der Waals surface area contributed by atoms with Gasteiger partial charge in [-0.25, -0.2) is 4.98 Å². The summed E-state index contributed by atoms with van der Waals surface area (Å²) in [7, 11) is 0. The smallest absolute Gasteiger partial charge is 0.270 e. The Balaban J connectivity index is 1.34. The Hall–Kier alpha value is -2.46. The van der Waals surface area contributed by atoms with Gasteiger partial charge in [-0.1, -0.05) is 6.07 Å². The van der Waals surface area contributed by atoms with Crippen molar-refractivity contribution in [2.75, 3.05) is 51.1 Å². The standard InChI is InChI=1S/C22H23N3O4S2/c26-21(20-3-1-12-30-20)25(7-2-6-24-8-10-27-11-9-24)22-23-17(14-31-22)16-4-5-18-19(13-16)29-15-28-18/h1,3-5,12-14H,2,6-11,15H2. The minimum Gasteiger partial charge on any atom is -0.454 e. The van der Waals surface area contributed by atoms with Crippen molar-refractivity contribution in [1.29, 1.82) is 0 Å². The predicted octanol–water partition coefficient (Wildman–Crippen LogP) is 3.97. The van der Waals surface area contributed by atoms with Crippen LogP contribution in [-0.4, -0.2) is 62.0 Å². The second-order valence-corrected chi connectivity index (χ2v) is 9.11. The van der Waals surface area contributed by atoms with Crippen molar-refractivity contribution >= 4 is 33.7 Å². The van der Waals surface area contributed by atoms with Gasteiger partial charge in [0.1, 0.15) is 0 Å². The number of fused-ring (bicyclic) bond motifs is 1. The third-order valence-electron chi connectivity index (χ3n) is 5.33. The molecule has 9 heteroatoms. The van der Waals surface area contributed by atoms with E-state index in [1.54, 1.807) is 0 Å². The molecular formula is C22H23N3O4S2. The molecule has 0 saturated carbocycles. The number of ether oxygens (including phenoxy) is 3. The molecule has 31 heavy (non-hydrogen) atoms. The second-order valence-electron chi connectivity index (χ2n) is 7.33. The number of aromatic nitrogens is 1. The van der Waals surface area contributed by atoms with Crippen LogP contribution in [0.25, 0.3) is 11.3 Å². The van der Waals surface area contributed by atoms with Crippen molar-refractivity contribution in [3.05, 3.63) is 46.0 Å². The fourth-order valence-electron chi connectivity index (χ4n) is 3.67. The zero-order chi connectivity index (χ0) is 21.0. The van der Waals surface area contributed by atoms with E-state index in [0.29, 0.717) is 11.7 Å². The molecule has 0 unspecified atom stereocenters. The summed E-state index contributed by atoms with van der Waals surface area (Å²) in [5.74, 6) is 1.48. The van der Waals surface area contributed by atoms with Crippen LogP contribution in [0.1, 0.15) is 16.1 Å². The van der Waals surface area contributed by atoms with Gasteiger partial charge in [-0.15, -0.1) is 22.7 Å². The van der Waals surface area contributed by atoms with E-state index in [1.807, 2.05) is 46.0 Å². The highest BCUT2D eigenvalue weighted by Crippen LogP contribution is 2.37. The molecule has 3 aromatic rings. The molecule has 7 nitrogen and oxygen atoms in total. The van der Waals surface area contributed by atoms with Gasteiger partial charge in [0, 0.05) is 37.1 Å². The van der Waals surface area contributed by atoms with Gasteiger partial charge in [0.05, 0.1) is 23.8 Å².